The summed E-state index contributed by atoms with van der Waals surface area (Å²) < 4.78 is 4.67. The van der Waals surface area contributed by atoms with Crippen molar-refractivity contribution in [2.24, 2.45) is 0 Å². The maximum atomic E-state index is 11.2. The van der Waals surface area contributed by atoms with Gasteiger partial charge in [-0.2, -0.15) is 0 Å². The lowest BCUT2D eigenvalue weighted by Gasteiger charge is -2.08. The third-order valence-electron chi connectivity index (χ3n) is 2.62. The molecule has 0 amide bonds. The number of rotatable bonds is 5. The van der Waals surface area contributed by atoms with E-state index in [4.69, 9.17) is 4.74 Å². The second kappa shape index (κ2) is 6.89. The molecule has 1 rings (SSSR count). The summed E-state index contributed by atoms with van der Waals surface area (Å²) in [4.78, 5) is 11.2. The van der Waals surface area contributed by atoms with Crippen LogP contribution in [0.1, 0.15) is 24.0 Å². The van der Waals surface area contributed by atoms with Crippen molar-refractivity contribution in [3.63, 3.8) is 0 Å². The van der Waals surface area contributed by atoms with Crippen LogP contribution in [-0.2, 0) is 16.0 Å². The van der Waals surface area contributed by atoms with Gasteiger partial charge >= 0.3 is 5.97 Å². The molecule has 0 fully saturated rings. The third kappa shape index (κ3) is 4.12. The molecular formula is C13H17IO2. The number of benzene rings is 1. The molecule has 0 radical (unpaired) electrons. The number of ether oxygens (including phenoxy) is 1. The molecule has 0 aliphatic carbocycles. The molecule has 0 aliphatic heterocycles. The van der Waals surface area contributed by atoms with Crippen LogP contribution >= 0.6 is 22.6 Å². The van der Waals surface area contributed by atoms with E-state index in [0.717, 1.165) is 19.3 Å². The number of esters is 1. The summed E-state index contributed by atoms with van der Waals surface area (Å²) in [6.45, 7) is 2.12. The maximum Gasteiger partial charge on any atom is 0.318 e. The van der Waals surface area contributed by atoms with Gasteiger partial charge in [-0.05, 0) is 37.3 Å². The molecule has 0 spiro atoms. The van der Waals surface area contributed by atoms with Gasteiger partial charge in [-0.25, -0.2) is 0 Å². The van der Waals surface area contributed by atoms with E-state index in [1.165, 1.54) is 18.2 Å². The van der Waals surface area contributed by atoms with Gasteiger partial charge in [0.15, 0.2) is 0 Å². The van der Waals surface area contributed by atoms with E-state index in [9.17, 15) is 4.79 Å². The second-order valence-electron chi connectivity index (χ2n) is 3.81. The van der Waals surface area contributed by atoms with Gasteiger partial charge in [0, 0.05) is 0 Å². The Morgan fingerprint density at radius 2 is 2.12 bits per heavy atom. The topological polar surface area (TPSA) is 26.3 Å². The van der Waals surface area contributed by atoms with Gasteiger partial charge in [0.25, 0.3) is 0 Å². The minimum Gasteiger partial charge on any atom is -0.468 e. The van der Waals surface area contributed by atoms with Crippen molar-refractivity contribution in [2.75, 3.05) is 7.11 Å². The summed E-state index contributed by atoms with van der Waals surface area (Å²) in [5.41, 5.74) is 2.70. The van der Waals surface area contributed by atoms with Gasteiger partial charge in [-0.15, -0.1) is 0 Å². The number of hydrogen-bond acceptors (Lipinski definition) is 2. The first-order valence-corrected chi connectivity index (χ1v) is 6.66. The molecule has 0 saturated carbocycles. The summed E-state index contributed by atoms with van der Waals surface area (Å²) >= 11 is 2.14. The van der Waals surface area contributed by atoms with Crippen LogP contribution in [0.2, 0.25) is 0 Å². The van der Waals surface area contributed by atoms with E-state index in [-0.39, 0.29) is 9.89 Å². The van der Waals surface area contributed by atoms with E-state index >= 15 is 0 Å². The van der Waals surface area contributed by atoms with Gasteiger partial charge in [0.2, 0.25) is 0 Å². The lowest BCUT2D eigenvalue weighted by molar-refractivity contribution is -0.139. The zero-order chi connectivity index (χ0) is 12.0. The molecule has 0 N–H and O–H groups in total. The highest BCUT2D eigenvalue weighted by Crippen LogP contribution is 2.15. The smallest absolute Gasteiger partial charge is 0.318 e. The van der Waals surface area contributed by atoms with E-state index in [2.05, 4.69) is 53.8 Å². The van der Waals surface area contributed by atoms with E-state index < -0.39 is 0 Å². The summed E-state index contributed by atoms with van der Waals surface area (Å²) in [5.74, 6) is -0.120. The van der Waals surface area contributed by atoms with Crippen molar-refractivity contribution in [3.8, 4) is 0 Å². The van der Waals surface area contributed by atoms with Gasteiger partial charge in [0.1, 0.15) is 3.92 Å². The predicted molar refractivity (Wildman–Crippen MR) is 73.9 cm³/mol. The zero-order valence-electron chi connectivity index (χ0n) is 9.70. The summed E-state index contributed by atoms with van der Waals surface area (Å²) in [7, 11) is 1.44. The van der Waals surface area contributed by atoms with Gasteiger partial charge in [-0.3, -0.25) is 4.79 Å². The molecule has 0 bridgehead atoms. The Labute approximate surface area is 111 Å². The van der Waals surface area contributed by atoms with Crippen molar-refractivity contribution in [1.29, 1.82) is 0 Å². The largest absolute Gasteiger partial charge is 0.468 e. The Morgan fingerprint density at radius 3 is 2.75 bits per heavy atom. The van der Waals surface area contributed by atoms with Crippen LogP contribution in [0, 0.1) is 6.92 Å². The van der Waals surface area contributed by atoms with Crippen LogP contribution < -0.4 is 0 Å². The number of alkyl halides is 1. The Bertz CT molecular complexity index is 350. The molecule has 1 atom stereocenters. The molecule has 1 aromatic rings. The van der Waals surface area contributed by atoms with Crippen LogP contribution in [0.4, 0.5) is 0 Å². The molecule has 1 aromatic carbocycles. The third-order valence-corrected chi connectivity index (χ3v) is 3.75. The van der Waals surface area contributed by atoms with Crippen molar-refractivity contribution < 1.29 is 9.53 Å². The molecule has 88 valence electrons. The van der Waals surface area contributed by atoms with Crippen LogP contribution in [0.5, 0.6) is 0 Å². The van der Waals surface area contributed by atoms with Gasteiger partial charge in [-0.1, -0.05) is 46.9 Å². The molecule has 16 heavy (non-hydrogen) atoms. The number of carbonyl (C=O) groups excluding carboxylic acids is 1. The fourth-order valence-corrected chi connectivity index (χ4v) is 2.30. The fourth-order valence-electron chi connectivity index (χ4n) is 1.61. The normalized spacial score (nSPS) is 12.2. The second-order valence-corrected chi connectivity index (χ2v) is 5.31. The number of halogens is 1. The highest BCUT2D eigenvalue weighted by molar-refractivity contribution is 14.1. The number of aryl methyl sites for hydroxylation is 2. The first-order valence-electron chi connectivity index (χ1n) is 5.41. The molecule has 3 heteroatoms. The summed E-state index contributed by atoms with van der Waals surface area (Å²) in [6.07, 6.45) is 2.93. The highest BCUT2D eigenvalue weighted by Gasteiger charge is 2.14. The predicted octanol–water partition coefficient (Wildman–Crippen LogP) is 3.29. The SMILES string of the molecule is COC(=O)C(I)CCCc1ccccc1C. The number of methoxy groups -OCH3 is 1. The Hall–Kier alpha value is -0.580. The molecule has 0 aromatic heterocycles. The summed E-state index contributed by atoms with van der Waals surface area (Å²) in [6, 6.07) is 8.38. The average molecular weight is 332 g/mol. The van der Waals surface area contributed by atoms with Gasteiger partial charge < -0.3 is 4.74 Å². The van der Waals surface area contributed by atoms with Crippen LogP contribution in [-0.4, -0.2) is 17.0 Å². The zero-order valence-corrected chi connectivity index (χ0v) is 11.9. The Kier molecular flexibility index (Phi) is 5.80. The lowest BCUT2D eigenvalue weighted by atomic mass is 10.0. The Balaban J connectivity index is 2.36. The molecule has 0 aliphatic rings. The van der Waals surface area contributed by atoms with E-state index in [1.54, 1.807) is 0 Å². The molecule has 0 saturated heterocycles. The first-order chi connectivity index (χ1) is 7.65. The minimum atomic E-state index is -0.120. The van der Waals surface area contributed by atoms with Crippen LogP contribution in [0.3, 0.4) is 0 Å². The molecular weight excluding hydrogens is 315 g/mol. The summed E-state index contributed by atoms with van der Waals surface area (Å²) in [5, 5.41) is 0. The first kappa shape index (κ1) is 13.5. The Morgan fingerprint density at radius 1 is 1.44 bits per heavy atom. The average Bonchev–Trinajstić information content (AvgIpc) is 2.30. The quantitative estimate of drug-likeness (QED) is 0.470. The number of carbonyl (C=O) groups is 1. The molecule has 2 nitrogen and oxygen atoms in total. The highest BCUT2D eigenvalue weighted by atomic mass is 127. The van der Waals surface area contributed by atoms with Crippen molar-refractivity contribution in [1.82, 2.24) is 0 Å². The van der Waals surface area contributed by atoms with Crippen LogP contribution in [0.15, 0.2) is 24.3 Å². The van der Waals surface area contributed by atoms with Crippen molar-refractivity contribution in [3.05, 3.63) is 35.4 Å². The van der Waals surface area contributed by atoms with E-state index in [1.807, 2.05) is 0 Å². The fraction of sp³-hybridized carbons (Fsp3) is 0.462. The number of hydrogen-bond donors (Lipinski definition) is 0. The monoisotopic (exact) mass is 332 g/mol. The van der Waals surface area contributed by atoms with Crippen molar-refractivity contribution in [2.45, 2.75) is 30.1 Å². The maximum absolute atomic E-state index is 11.2. The molecule has 1 unspecified atom stereocenters. The van der Waals surface area contributed by atoms with E-state index in [0.29, 0.717) is 0 Å². The van der Waals surface area contributed by atoms with Gasteiger partial charge in [0.05, 0.1) is 7.11 Å². The lowest BCUT2D eigenvalue weighted by Crippen LogP contribution is -2.15. The standard InChI is InChI=1S/C13H17IO2/c1-10-6-3-4-7-11(10)8-5-9-12(14)13(15)16-2/h3-4,6-7,12H,5,8-9H2,1-2H3. The molecule has 0 heterocycles. The van der Waals surface area contributed by atoms with Crippen LogP contribution in [0.25, 0.3) is 0 Å². The minimum absolute atomic E-state index is 0.0216. The van der Waals surface area contributed by atoms with Crippen molar-refractivity contribution >= 4 is 28.6 Å².